The first kappa shape index (κ1) is 13.9. The van der Waals surface area contributed by atoms with Crippen LogP contribution in [0.4, 0.5) is 5.95 Å². The first-order valence-electron chi connectivity index (χ1n) is 6.78. The summed E-state index contributed by atoms with van der Waals surface area (Å²) in [6, 6.07) is -0.0831. The van der Waals surface area contributed by atoms with Crippen LogP contribution in [-0.4, -0.2) is 42.1 Å². The van der Waals surface area contributed by atoms with E-state index in [1.54, 1.807) is 0 Å². The van der Waals surface area contributed by atoms with Gasteiger partial charge in [-0.1, -0.05) is 0 Å². The second-order valence-corrected chi connectivity index (χ2v) is 5.22. The number of aromatic nitrogens is 2. The molecule has 106 valence electrons. The van der Waals surface area contributed by atoms with Crippen LogP contribution in [0.2, 0.25) is 0 Å². The van der Waals surface area contributed by atoms with Crippen LogP contribution in [0.5, 0.6) is 0 Å². The van der Waals surface area contributed by atoms with Gasteiger partial charge in [0.15, 0.2) is 0 Å². The Labute approximate surface area is 114 Å². The van der Waals surface area contributed by atoms with Gasteiger partial charge < -0.3 is 20.1 Å². The maximum atomic E-state index is 11.8. The van der Waals surface area contributed by atoms with Gasteiger partial charge in [-0.25, -0.2) is 4.98 Å². The molecule has 1 unspecified atom stereocenters. The van der Waals surface area contributed by atoms with E-state index in [0.29, 0.717) is 6.54 Å². The fraction of sp³-hybridized carbons (Fsp3) is 0.692. The van der Waals surface area contributed by atoms with Crippen LogP contribution in [-0.2, 0) is 18.4 Å². The van der Waals surface area contributed by atoms with E-state index in [9.17, 15) is 4.79 Å². The van der Waals surface area contributed by atoms with Crippen molar-refractivity contribution in [2.24, 2.45) is 7.05 Å². The molecule has 0 aromatic carbocycles. The van der Waals surface area contributed by atoms with Crippen molar-refractivity contribution < 1.29 is 4.79 Å². The lowest BCUT2D eigenvalue weighted by Gasteiger charge is -2.16. The number of hydrogen-bond acceptors (Lipinski definition) is 4. The highest BCUT2D eigenvalue weighted by Crippen LogP contribution is 2.12. The summed E-state index contributed by atoms with van der Waals surface area (Å²) in [6.07, 6.45) is 4.92. The largest absolute Gasteiger partial charge is 0.355 e. The van der Waals surface area contributed by atoms with Gasteiger partial charge in [0, 0.05) is 34.2 Å². The summed E-state index contributed by atoms with van der Waals surface area (Å²) < 4.78 is 2.04. The highest BCUT2D eigenvalue weighted by atomic mass is 16.2. The molecule has 1 aliphatic heterocycles. The summed E-state index contributed by atoms with van der Waals surface area (Å²) in [6.45, 7) is 1.46. The lowest BCUT2D eigenvalue weighted by molar-refractivity contribution is -0.122. The Morgan fingerprint density at radius 2 is 2.32 bits per heavy atom. The summed E-state index contributed by atoms with van der Waals surface area (Å²) in [4.78, 5) is 18.2. The summed E-state index contributed by atoms with van der Waals surface area (Å²) >= 11 is 0. The molecule has 6 nitrogen and oxygen atoms in total. The molecule has 1 fully saturated rings. The molecule has 1 amide bonds. The van der Waals surface area contributed by atoms with Crippen LogP contribution in [0.25, 0.3) is 0 Å². The third-order valence-electron chi connectivity index (χ3n) is 3.52. The SMILES string of the molecule is CN(C)c1ncc(CNC2CCCCNC2=O)n1C. The van der Waals surface area contributed by atoms with Crippen molar-refractivity contribution in [3.8, 4) is 0 Å². The summed E-state index contributed by atoms with van der Waals surface area (Å²) in [5, 5.41) is 6.27. The van der Waals surface area contributed by atoms with Crippen molar-refractivity contribution in [1.82, 2.24) is 20.2 Å². The minimum atomic E-state index is -0.0831. The van der Waals surface area contributed by atoms with Crippen LogP contribution in [0.3, 0.4) is 0 Å². The molecule has 19 heavy (non-hydrogen) atoms. The zero-order valence-corrected chi connectivity index (χ0v) is 11.9. The van der Waals surface area contributed by atoms with E-state index in [-0.39, 0.29) is 11.9 Å². The maximum absolute atomic E-state index is 11.8. The second kappa shape index (κ2) is 6.06. The predicted octanol–water partition coefficient (Wildman–Crippen LogP) is 0.244. The van der Waals surface area contributed by atoms with E-state index in [1.807, 2.05) is 36.8 Å². The fourth-order valence-corrected chi connectivity index (χ4v) is 2.38. The Morgan fingerprint density at radius 1 is 1.53 bits per heavy atom. The number of nitrogens with zero attached hydrogens (tertiary/aromatic N) is 3. The zero-order valence-electron chi connectivity index (χ0n) is 11.9. The van der Waals surface area contributed by atoms with Gasteiger partial charge in [-0.15, -0.1) is 0 Å². The third-order valence-corrected chi connectivity index (χ3v) is 3.52. The van der Waals surface area contributed by atoms with E-state index in [1.165, 1.54) is 0 Å². The normalized spacial score (nSPS) is 19.9. The highest BCUT2D eigenvalue weighted by molar-refractivity contribution is 5.81. The van der Waals surface area contributed by atoms with Crippen molar-refractivity contribution in [2.45, 2.75) is 31.8 Å². The number of hydrogen-bond donors (Lipinski definition) is 2. The smallest absolute Gasteiger partial charge is 0.237 e. The van der Waals surface area contributed by atoms with E-state index in [0.717, 1.165) is 37.4 Å². The van der Waals surface area contributed by atoms with Gasteiger partial charge in [-0.2, -0.15) is 0 Å². The summed E-state index contributed by atoms with van der Waals surface area (Å²) in [7, 11) is 5.93. The van der Waals surface area contributed by atoms with Crippen LogP contribution in [0.1, 0.15) is 25.0 Å². The first-order chi connectivity index (χ1) is 9.09. The van der Waals surface area contributed by atoms with Crippen molar-refractivity contribution in [3.63, 3.8) is 0 Å². The molecule has 0 bridgehead atoms. The molecule has 0 spiro atoms. The maximum Gasteiger partial charge on any atom is 0.237 e. The van der Waals surface area contributed by atoms with Crippen LogP contribution >= 0.6 is 0 Å². The molecule has 0 saturated carbocycles. The van der Waals surface area contributed by atoms with E-state index >= 15 is 0 Å². The van der Waals surface area contributed by atoms with E-state index < -0.39 is 0 Å². The van der Waals surface area contributed by atoms with Crippen LogP contribution in [0, 0.1) is 0 Å². The molecule has 2 rings (SSSR count). The monoisotopic (exact) mass is 265 g/mol. The van der Waals surface area contributed by atoms with Crippen LogP contribution in [0.15, 0.2) is 6.20 Å². The third kappa shape index (κ3) is 3.26. The predicted molar refractivity (Wildman–Crippen MR) is 75.0 cm³/mol. The molecule has 0 aliphatic carbocycles. The number of rotatable bonds is 4. The quantitative estimate of drug-likeness (QED) is 0.819. The first-order valence-corrected chi connectivity index (χ1v) is 6.78. The summed E-state index contributed by atoms with van der Waals surface area (Å²) in [5.74, 6) is 1.04. The number of amides is 1. The summed E-state index contributed by atoms with van der Waals surface area (Å²) in [5.41, 5.74) is 1.08. The lowest BCUT2D eigenvalue weighted by atomic mass is 10.1. The lowest BCUT2D eigenvalue weighted by Crippen LogP contribution is -2.42. The number of anilines is 1. The molecule has 2 N–H and O–H groups in total. The average Bonchev–Trinajstić information content (AvgIpc) is 2.61. The molecular formula is C13H23N5O. The zero-order chi connectivity index (χ0) is 13.8. The molecule has 1 aliphatic rings. The molecule has 1 atom stereocenters. The highest BCUT2D eigenvalue weighted by Gasteiger charge is 2.20. The molecule has 1 saturated heterocycles. The Morgan fingerprint density at radius 3 is 3.00 bits per heavy atom. The van der Waals surface area contributed by atoms with Gasteiger partial charge in [-0.3, -0.25) is 4.79 Å². The topological polar surface area (TPSA) is 62.2 Å². The molecule has 1 aromatic heterocycles. The van der Waals surface area contributed by atoms with Crippen molar-refractivity contribution in [1.29, 1.82) is 0 Å². The standard InChI is InChI=1S/C13H23N5O/c1-17(2)13-16-9-10(18(13)3)8-15-11-6-4-5-7-14-12(11)19/h9,11,15H,4-8H2,1-3H3,(H,14,19). The number of nitrogens with one attached hydrogen (secondary N) is 2. The number of carbonyl (C=O) groups is 1. The number of imidazole rings is 1. The van der Waals surface area contributed by atoms with E-state index in [2.05, 4.69) is 15.6 Å². The van der Waals surface area contributed by atoms with E-state index in [4.69, 9.17) is 0 Å². The molecule has 6 heteroatoms. The molecule has 0 radical (unpaired) electrons. The fourth-order valence-electron chi connectivity index (χ4n) is 2.38. The van der Waals surface area contributed by atoms with Gasteiger partial charge >= 0.3 is 0 Å². The second-order valence-electron chi connectivity index (χ2n) is 5.22. The molecular weight excluding hydrogens is 242 g/mol. The van der Waals surface area contributed by atoms with Gasteiger partial charge in [0.2, 0.25) is 11.9 Å². The Hall–Kier alpha value is -1.56. The Balaban J connectivity index is 1.96. The molecule has 2 heterocycles. The van der Waals surface area contributed by atoms with Crippen molar-refractivity contribution in [2.75, 3.05) is 25.5 Å². The van der Waals surface area contributed by atoms with Crippen molar-refractivity contribution >= 4 is 11.9 Å². The number of carbonyl (C=O) groups excluding carboxylic acids is 1. The van der Waals surface area contributed by atoms with Crippen molar-refractivity contribution in [3.05, 3.63) is 11.9 Å². The van der Waals surface area contributed by atoms with Gasteiger partial charge in [0.1, 0.15) is 0 Å². The van der Waals surface area contributed by atoms with Gasteiger partial charge in [0.25, 0.3) is 0 Å². The van der Waals surface area contributed by atoms with Gasteiger partial charge in [-0.05, 0) is 19.3 Å². The molecule has 1 aromatic rings. The Kier molecular flexibility index (Phi) is 4.42. The van der Waals surface area contributed by atoms with Crippen LogP contribution < -0.4 is 15.5 Å². The van der Waals surface area contributed by atoms with Gasteiger partial charge in [0.05, 0.1) is 17.9 Å². The Bertz CT molecular complexity index is 440. The minimum Gasteiger partial charge on any atom is -0.355 e. The minimum absolute atomic E-state index is 0.0831. The average molecular weight is 265 g/mol.